The standard InChI is InChI=1S/C21H23N4O/c1-4-26-18-8-7-15-11-17(6-5-16(15)12-18)21-24-20(14(2)3)19-13-23-9-10-25(19,21)22/h5-14H,4,22H2,1-3H3/q+1. The van der Waals surface area contributed by atoms with E-state index in [1.807, 2.05) is 25.4 Å². The number of hydrogen-bond acceptors (Lipinski definition) is 4. The van der Waals surface area contributed by atoms with Crippen LogP contribution in [-0.4, -0.2) is 23.2 Å². The molecule has 0 saturated heterocycles. The Morgan fingerprint density at radius 2 is 1.88 bits per heavy atom. The van der Waals surface area contributed by atoms with E-state index in [1.54, 1.807) is 6.20 Å². The van der Waals surface area contributed by atoms with Gasteiger partial charge in [-0.05, 0) is 42.0 Å². The number of nitrogens with two attached hydrogens (primary N) is 1. The number of benzene rings is 2. The van der Waals surface area contributed by atoms with Gasteiger partial charge in [0.2, 0.25) is 5.70 Å². The first kappa shape index (κ1) is 16.7. The van der Waals surface area contributed by atoms with Crippen LogP contribution in [0.1, 0.15) is 26.3 Å². The topological polar surface area (TPSA) is 60.0 Å². The summed E-state index contributed by atoms with van der Waals surface area (Å²) in [6.07, 6.45) is 5.44. The van der Waals surface area contributed by atoms with Crippen LogP contribution >= 0.6 is 0 Å². The number of nitrogens with zero attached hydrogens (tertiary/aromatic N) is 3. The van der Waals surface area contributed by atoms with Crippen molar-refractivity contribution in [3.05, 3.63) is 65.8 Å². The lowest BCUT2D eigenvalue weighted by Gasteiger charge is -2.26. The second-order valence-electron chi connectivity index (χ2n) is 6.87. The van der Waals surface area contributed by atoms with E-state index in [1.165, 1.54) is 0 Å². The Morgan fingerprint density at radius 3 is 2.65 bits per heavy atom. The molecule has 0 fully saturated rings. The highest BCUT2D eigenvalue weighted by atomic mass is 16.5. The maximum Gasteiger partial charge on any atom is 0.264 e. The van der Waals surface area contributed by atoms with Gasteiger partial charge in [0.05, 0.1) is 24.6 Å². The zero-order valence-corrected chi connectivity index (χ0v) is 15.3. The zero-order valence-electron chi connectivity index (χ0n) is 15.3. The number of quaternary nitrogens is 1. The first-order valence-electron chi connectivity index (χ1n) is 8.92. The van der Waals surface area contributed by atoms with Crippen molar-refractivity contribution in [2.24, 2.45) is 21.7 Å². The van der Waals surface area contributed by atoms with Gasteiger partial charge in [0.25, 0.3) is 5.84 Å². The third-order valence-electron chi connectivity index (χ3n) is 4.75. The van der Waals surface area contributed by atoms with E-state index in [0.29, 0.717) is 6.61 Å². The molecule has 2 heterocycles. The Balaban J connectivity index is 1.80. The summed E-state index contributed by atoms with van der Waals surface area (Å²) in [6.45, 7) is 6.90. The van der Waals surface area contributed by atoms with Gasteiger partial charge in [-0.3, -0.25) is 4.99 Å². The van der Waals surface area contributed by atoms with Crippen LogP contribution in [0.25, 0.3) is 10.8 Å². The summed E-state index contributed by atoms with van der Waals surface area (Å²) in [5.74, 6) is 8.71. The van der Waals surface area contributed by atoms with Gasteiger partial charge >= 0.3 is 0 Å². The van der Waals surface area contributed by atoms with Gasteiger partial charge in [0.1, 0.15) is 17.6 Å². The van der Waals surface area contributed by atoms with Crippen molar-refractivity contribution in [3.8, 4) is 5.75 Å². The van der Waals surface area contributed by atoms with Gasteiger partial charge in [-0.1, -0.05) is 26.0 Å². The van der Waals surface area contributed by atoms with Crippen LogP contribution in [0.2, 0.25) is 0 Å². The number of ether oxygens (including phenoxy) is 1. The van der Waals surface area contributed by atoms with Crippen LogP contribution in [0, 0.1) is 5.92 Å². The minimum atomic E-state index is 0.0690. The zero-order chi connectivity index (χ0) is 18.3. The summed E-state index contributed by atoms with van der Waals surface area (Å²) in [7, 11) is 0. The molecule has 2 aliphatic rings. The number of amidine groups is 1. The summed E-state index contributed by atoms with van der Waals surface area (Å²) < 4.78 is 5.66. The fourth-order valence-electron chi connectivity index (χ4n) is 3.45. The summed E-state index contributed by atoms with van der Waals surface area (Å²) >= 11 is 0. The molecule has 0 radical (unpaired) electrons. The molecule has 0 saturated carbocycles. The molecular weight excluding hydrogens is 324 g/mol. The Morgan fingerprint density at radius 1 is 1.12 bits per heavy atom. The van der Waals surface area contributed by atoms with E-state index in [0.717, 1.165) is 39.3 Å². The lowest BCUT2D eigenvalue weighted by Crippen LogP contribution is -2.53. The molecule has 2 aromatic rings. The first-order valence-corrected chi connectivity index (χ1v) is 8.92. The molecule has 0 aliphatic carbocycles. The molecule has 5 nitrogen and oxygen atoms in total. The molecule has 0 amide bonds. The van der Waals surface area contributed by atoms with Crippen LogP contribution in [0.3, 0.4) is 0 Å². The fourth-order valence-corrected chi connectivity index (χ4v) is 3.45. The van der Waals surface area contributed by atoms with Crippen molar-refractivity contribution in [2.75, 3.05) is 6.61 Å². The third kappa shape index (κ3) is 2.57. The van der Waals surface area contributed by atoms with Crippen LogP contribution in [-0.2, 0) is 0 Å². The van der Waals surface area contributed by atoms with E-state index in [9.17, 15) is 0 Å². The Hall–Kier alpha value is -2.76. The quantitative estimate of drug-likeness (QED) is 0.668. The highest BCUT2D eigenvalue weighted by Crippen LogP contribution is 2.35. The molecule has 2 aromatic carbocycles. The van der Waals surface area contributed by atoms with E-state index in [-0.39, 0.29) is 10.5 Å². The SMILES string of the molecule is CCOc1ccc2cc(C3=NC(C(C)C)=C4C=NC=C[N+]34N)ccc2c1. The summed E-state index contributed by atoms with van der Waals surface area (Å²) in [5, 5.41) is 2.27. The van der Waals surface area contributed by atoms with E-state index >= 15 is 0 Å². The molecule has 1 unspecified atom stereocenters. The summed E-state index contributed by atoms with van der Waals surface area (Å²) in [5.41, 5.74) is 2.93. The number of aliphatic imine (C=N–C) groups is 2. The molecule has 26 heavy (non-hydrogen) atoms. The van der Waals surface area contributed by atoms with Crippen molar-refractivity contribution in [1.29, 1.82) is 0 Å². The smallest absolute Gasteiger partial charge is 0.264 e. The minimum Gasteiger partial charge on any atom is -0.494 e. The monoisotopic (exact) mass is 347 g/mol. The molecule has 0 spiro atoms. The molecule has 5 heteroatoms. The van der Waals surface area contributed by atoms with Crippen LogP contribution in [0.5, 0.6) is 5.75 Å². The van der Waals surface area contributed by atoms with Gasteiger partial charge < -0.3 is 4.74 Å². The lowest BCUT2D eigenvalue weighted by atomic mass is 10.1. The maximum atomic E-state index is 6.73. The molecule has 0 bridgehead atoms. The molecular formula is C21H23N4O+. The first-order chi connectivity index (χ1) is 12.5. The van der Waals surface area contributed by atoms with Crippen LogP contribution in [0.4, 0.5) is 0 Å². The van der Waals surface area contributed by atoms with Gasteiger partial charge in [0.15, 0.2) is 0 Å². The predicted molar refractivity (Wildman–Crippen MR) is 106 cm³/mol. The molecule has 0 aromatic heterocycles. The van der Waals surface area contributed by atoms with Crippen molar-refractivity contribution >= 4 is 22.8 Å². The Kier molecular flexibility index (Phi) is 3.98. The van der Waals surface area contributed by atoms with Crippen molar-refractivity contribution in [1.82, 2.24) is 0 Å². The average molecular weight is 347 g/mol. The van der Waals surface area contributed by atoms with Gasteiger partial charge in [-0.15, -0.1) is 4.59 Å². The summed E-state index contributed by atoms with van der Waals surface area (Å²) in [6, 6.07) is 12.4. The van der Waals surface area contributed by atoms with E-state index in [4.69, 9.17) is 15.6 Å². The highest BCUT2D eigenvalue weighted by molar-refractivity contribution is 6.03. The van der Waals surface area contributed by atoms with Crippen molar-refractivity contribution < 1.29 is 9.33 Å². The molecule has 2 aliphatic heterocycles. The molecule has 4 rings (SSSR count). The van der Waals surface area contributed by atoms with Gasteiger partial charge in [-0.2, -0.15) is 10.8 Å². The third-order valence-corrected chi connectivity index (χ3v) is 4.75. The maximum absolute atomic E-state index is 6.73. The lowest BCUT2D eigenvalue weighted by molar-refractivity contribution is -0.750. The van der Waals surface area contributed by atoms with Crippen LogP contribution < -0.4 is 10.6 Å². The average Bonchev–Trinajstić information content (AvgIpc) is 2.95. The Labute approximate surface area is 153 Å². The number of rotatable bonds is 4. The molecule has 132 valence electrons. The second kappa shape index (κ2) is 6.20. The normalized spacial score (nSPS) is 21.5. The predicted octanol–water partition coefficient (Wildman–Crippen LogP) is 4.11. The number of hydrogen-bond donors (Lipinski definition) is 1. The summed E-state index contributed by atoms with van der Waals surface area (Å²) in [4.78, 5) is 9.16. The van der Waals surface area contributed by atoms with Crippen LogP contribution in [0.15, 0.2) is 70.2 Å². The number of allylic oxidation sites excluding steroid dienone is 2. The fraction of sp³-hybridized carbons (Fsp3) is 0.238. The molecule has 2 N–H and O–H groups in total. The van der Waals surface area contributed by atoms with E-state index in [2.05, 4.69) is 49.2 Å². The number of fused-ring (bicyclic) bond motifs is 2. The second-order valence-corrected chi connectivity index (χ2v) is 6.87. The molecule has 1 atom stereocenters. The van der Waals surface area contributed by atoms with Gasteiger partial charge in [-0.25, -0.2) is 0 Å². The van der Waals surface area contributed by atoms with Crippen molar-refractivity contribution in [2.45, 2.75) is 20.8 Å². The van der Waals surface area contributed by atoms with Crippen molar-refractivity contribution in [3.63, 3.8) is 0 Å². The van der Waals surface area contributed by atoms with E-state index < -0.39 is 0 Å². The minimum absolute atomic E-state index is 0.0690. The Bertz CT molecular complexity index is 1000. The highest BCUT2D eigenvalue weighted by Gasteiger charge is 2.44. The largest absolute Gasteiger partial charge is 0.494 e. The van der Waals surface area contributed by atoms with Gasteiger partial charge in [0, 0.05) is 5.92 Å².